The molecule has 0 aliphatic rings. The quantitative estimate of drug-likeness (QED) is 0.119. The fourth-order valence-electron chi connectivity index (χ4n) is 20.6. The van der Waals surface area contributed by atoms with Crippen molar-refractivity contribution >= 4 is 541 Å². The second kappa shape index (κ2) is 22.8. The molecule has 0 radical (unpaired) electrons. The van der Waals surface area contributed by atoms with Gasteiger partial charge in [0.1, 0.15) is 275 Å². The van der Waals surface area contributed by atoms with Crippen molar-refractivity contribution in [3.05, 3.63) is 6.07 Å². The van der Waals surface area contributed by atoms with E-state index in [0.717, 1.165) is 0 Å². The average Bonchev–Trinajstić information content (AvgIpc) is 0.693. The van der Waals surface area contributed by atoms with Crippen LogP contribution in [-0.4, -0.2) is 275 Å². The van der Waals surface area contributed by atoms with Gasteiger partial charge in [0, 0.05) is 0 Å². The summed E-state index contributed by atoms with van der Waals surface area (Å²) in [7, 11) is 84.9. The van der Waals surface area contributed by atoms with Crippen molar-refractivity contribution in [3.63, 3.8) is 0 Å². The summed E-state index contributed by atoms with van der Waals surface area (Å²) in [5, 5.41) is 20.2. The Morgan fingerprint density at radius 3 is 0.526 bits per heavy atom. The van der Waals surface area contributed by atoms with E-state index in [9.17, 15) is 0 Å². The molecule has 95 heavy (non-hydrogen) atoms. The lowest BCUT2D eigenvalue weighted by molar-refractivity contribution is 1.76. The van der Waals surface area contributed by atoms with Crippen LogP contribution in [0.5, 0.6) is 0 Å². The molecule has 0 bridgehead atoms. The van der Waals surface area contributed by atoms with Gasteiger partial charge in [-0.2, -0.15) is 0 Å². The lowest BCUT2D eigenvalue weighted by atomic mass is 9.54. The standard InChI is InChI=1S/C60H71B35/c61-2-1-3(62)28(63)14-4(2)9(38(73)56(91)47(14)82)21-29(64)24(26-31(66)22(52(87)59(94)54(26)89)12-10-5-7-17(41(76)34(10)69)48(83)57(92)50(85)19(7)45(80)43(78)15(5)39(74)36(12)71)33(68)25(30(21)65)27-32(67)23(53(88)60(95)55(27)90)13-11-6-8-18(42(77)35(11)70)49(84)58(93)51(86)20(8)46(81)44(79)16(6)40(75)37(13)72/h1H,61-95H2. The van der Waals surface area contributed by atoms with Gasteiger partial charge >= 0.3 is 0 Å². The van der Waals surface area contributed by atoms with E-state index in [1.54, 1.807) is 0 Å². The number of hydrogen-bond donors (Lipinski definition) is 0. The van der Waals surface area contributed by atoms with E-state index < -0.39 is 0 Å². The van der Waals surface area contributed by atoms with Crippen molar-refractivity contribution in [2.75, 3.05) is 0 Å². The van der Waals surface area contributed by atoms with Crippen molar-refractivity contribution in [3.8, 4) is 55.6 Å². The highest BCUT2D eigenvalue weighted by molar-refractivity contribution is 6.80. The van der Waals surface area contributed by atoms with Crippen LogP contribution in [0, 0.1) is 0 Å². The molecule has 0 saturated carbocycles. The molecule has 13 aromatic carbocycles. The van der Waals surface area contributed by atoms with Gasteiger partial charge in [-0.1, -0.05) is 170 Å². The molecule has 0 heterocycles. The van der Waals surface area contributed by atoms with Crippen LogP contribution in [0.4, 0.5) is 0 Å². The Morgan fingerprint density at radius 2 is 0.242 bits per heavy atom. The molecule has 35 heteroatoms. The van der Waals surface area contributed by atoms with Crippen molar-refractivity contribution in [1.82, 2.24) is 0 Å². The van der Waals surface area contributed by atoms with E-state index in [4.69, 9.17) is 0 Å². The van der Waals surface area contributed by atoms with Crippen molar-refractivity contribution in [2.24, 2.45) is 0 Å². The molecule has 0 N–H and O–H groups in total. The third-order valence-electron chi connectivity index (χ3n) is 27.5. The van der Waals surface area contributed by atoms with Gasteiger partial charge in [0.2, 0.25) is 0 Å². The SMILES string of the molecule is Bc1cc(B)c2c(-c3c(B)c(-c4c(B)c(B)c(B)c(-c5c(B)c(B)c6c(B)c(B)c7c(B)c(B)c(B)c8c(B)c(B)c5c6c78)c4B)c(B)c(-c4c(B)c(B)c(B)c(-c5c(B)c(B)c6c(B)c(B)c7c(B)c(B)c(B)c8c(B)c(B)c5c6c78)c4B)c3B)c(B)c(B)c(B)c2c1B. The predicted octanol–water partition coefficient (Wildman–Crippen LogP) is -44.0. The molecule has 0 unspecified atom stereocenters. The van der Waals surface area contributed by atoms with E-state index in [0.29, 0.717) is 0 Å². The van der Waals surface area contributed by atoms with Gasteiger partial charge < -0.3 is 0 Å². The highest BCUT2D eigenvalue weighted by Crippen LogP contribution is 2.36. The van der Waals surface area contributed by atoms with E-state index in [1.165, 1.54) is 322 Å². The molecule has 13 rings (SSSR count). The van der Waals surface area contributed by atoms with Crippen LogP contribution >= 0.6 is 0 Å². The predicted molar refractivity (Wildman–Crippen MR) is 545 cm³/mol. The molecule has 0 spiro atoms. The van der Waals surface area contributed by atoms with E-state index >= 15 is 0 Å². The van der Waals surface area contributed by atoms with Gasteiger partial charge in [-0.05, 0) is 131 Å². The maximum Gasteiger partial charge on any atom is 0.140 e. The fraction of sp³-hybridized carbons (Fsp3) is 0. The van der Waals surface area contributed by atoms with Gasteiger partial charge in [-0.3, -0.25) is 0 Å². The van der Waals surface area contributed by atoms with Gasteiger partial charge in [0.15, 0.2) is 0 Å². The topological polar surface area (TPSA) is 0 Å². The van der Waals surface area contributed by atoms with E-state index in [-0.39, 0.29) is 0 Å². The molecular formula is C60H71B35. The highest BCUT2D eigenvalue weighted by Gasteiger charge is 2.34. The molecule has 0 aromatic heterocycles. The first kappa shape index (κ1) is 68.0. The number of hydrogen-bond acceptors (Lipinski definition) is 0. The average molecular weight is 1170 g/mol. The molecule has 416 valence electrons. The monoisotopic (exact) mass is 1180 g/mol. The Balaban J connectivity index is 1.25. The normalized spacial score (nSPS) is 12.0. The Morgan fingerprint density at radius 1 is 0.0947 bits per heavy atom. The van der Waals surface area contributed by atoms with Gasteiger partial charge in [0.05, 0.1) is 0 Å². The minimum atomic E-state index is 1.35. The van der Waals surface area contributed by atoms with Crippen LogP contribution in [0.3, 0.4) is 0 Å². The smallest absolute Gasteiger partial charge is 0.100 e. The number of benzene rings is 13. The van der Waals surface area contributed by atoms with Crippen molar-refractivity contribution < 1.29 is 0 Å². The Hall–Kier alpha value is -5.53. The fourth-order valence-corrected chi connectivity index (χ4v) is 20.6. The minimum Gasteiger partial charge on any atom is -0.100 e. The molecule has 0 amide bonds. The first-order chi connectivity index (χ1) is 44.4. The maximum absolute atomic E-state index is 2.52. The molecule has 0 fully saturated rings. The van der Waals surface area contributed by atoms with Gasteiger partial charge in [0.25, 0.3) is 0 Å². The molecule has 0 saturated heterocycles. The maximum atomic E-state index is 2.52. The van der Waals surface area contributed by atoms with Gasteiger partial charge in [-0.15, -0.1) is 27.3 Å². The zero-order chi connectivity index (χ0) is 69.8. The van der Waals surface area contributed by atoms with Crippen LogP contribution in [-0.2, 0) is 0 Å². The van der Waals surface area contributed by atoms with Crippen LogP contribution in [0.15, 0.2) is 6.07 Å². The summed E-state index contributed by atoms with van der Waals surface area (Å²) in [4.78, 5) is 0. The van der Waals surface area contributed by atoms with Crippen molar-refractivity contribution in [1.29, 1.82) is 0 Å². The van der Waals surface area contributed by atoms with Crippen LogP contribution in [0.25, 0.3) is 131 Å². The molecule has 0 aliphatic carbocycles. The molecule has 13 aromatic rings. The summed E-state index contributed by atoms with van der Waals surface area (Å²) in [6.07, 6.45) is 0. The summed E-state index contributed by atoms with van der Waals surface area (Å²) in [6, 6.07) is 2.47. The summed E-state index contributed by atoms with van der Waals surface area (Å²) < 4.78 is 0. The Labute approximate surface area is 598 Å². The van der Waals surface area contributed by atoms with Crippen LogP contribution < -0.4 is 191 Å². The third-order valence-corrected chi connectivity index (χ3v) is 27.5. The molecule has 0 aliphatic heterocycles. The number of fused-ring (bicyclic) bond motifs is 1. The molecule has 0 nitrogen and oxygen atoms in total. The second-order valence-corrected chi connectivity index (χ2v) is 31.1. The first-order valence-electron chi connectivity index (χ1n) is 35.6. The second-order valence-electron chi connectivity index (χ2n) is 31.1. The van der Waals surface area contributed by atoms with E-state index in [2.05, 4.69) is 281 Å². The van der Waals surface area contributed by atoms with E-state index in [1.807, 2.05) is 0 Å². The number of rotatable bonds is 5. The van der Waals surface area contributed by atoms with Crippen molar-refractivity contribution in [2.45, 2.75) is 0 Å². The van der Waals surface area contributed by atoms with Crippen LogP contribution in [0.1, 0.15) is 0 Å². The zero-order valence-electron chi connectivity index (χ0n) is 65.1. The highest BCUT2D eigenvalue weighted by atomic mass is 14.3. The van der Waals surface area contributed by atoms with Gasteiger partial charge in [-0.25, -0.2) is 0 Å². The summed E-state index contributed by atoms with van der Waals surface area (Å²) in [5.74, 6) is 0. The Bertz CT molecular complexity index is 5550. The third kappa shape index (κ3) is 8.53. The minimum absolute atomic E-state index is 1.35. The summed E-state index contributed by atoms with van der Waals surface area (Å²) >= 11 is 0. The largest absolute Gasteiger partial charge is 0.140 e. The summed E-state index contributed by atoms with van der Waals surface area (Å²) in [6.45, 7) is 0. The zero-order valence-corrected chi connectivity index (χ0v) is 65.1. The van der Waals surface area contributed by atoms with Crippen LogP contribution in [0.2, 0.25) is 0 Å². The first-order valence-corrected chi connectivity index (χ1v) is 35.6. The lowest BCUT2D eigenvalue weighted by Gasteiger charge is -2.34. The molecule has 0 atom stereocenters. The summed E-state index contributed by atoms with van der Waals surface area (Å²) in [5.41, 5.74) is 62.8. The Kier molecular flexibility index (Phi) is 16.3. The molecular weight excluding hydrogens is 1100 g/mol. The lowest BCUT2D eigenvalue weighted by Crippen LogP contribution is -2.51.